The summed E-state index contributed by atoms with van der Waals surface area (Å²) in [4.78, 5) is 0. The summed E-state index contributed by atoms with van der Waals surface area (Å²) in [6.07, 6.45) is 6.17. The van der Waals surface area contributed by atoms with E-state index in [1.54, 1.807) is 0 Å². The van der Waals surface area contributed by atoms with Gasteiger partial charge in [0, 0.05) is 24.9 Å². The third-order valence-electron chi connectivity index (χ3n) is 4.12. The van der Waals surface area contributed by atoms with E-state index in [9.17, 15) is 0 Å². The molecule has 0 atom stereocenters. The Labute approximate surface area is 127 Å². The Kier molecular flexibility index (Phi) is 7.48. The van der Waals surface area contributed by atoms with Crippen molar-refractivity contribution >= 4 is 11.8 Å². The summed E-state index contributed by atoms with van der Waals surface area (Å²) in [7, 11) is 0. The molecule has 1 aromatic carbocycles. The molecule has 0 heterocycles. The summed E-state index contributed by atoms with van der Waals surface area (Å²) in [6, 6.07) is 11.7. The van der Waals surface area contributed by atoms with Crippen LogP contribution < -0.4 is 5.32 Å². The van der Waals surface area contributed by atoms with Crippen molar-refractivity contribution in [3.63, 3.8) is 0 Å². The van der Waals surface area contributed by atoms with Gasteiger partial charge in [0.15, 0.2) is 0 Å². The van der Waals surface area contributed by atoms with E-state index in [2.05, 4.69) is 35.6 Å². The fraction of sp³-hybridized carbons (Fsp3) is 0.647. The van der Waals surface area contributed by atoms with Gasteiger partial charge in [0.2, 0.25) is 0 Å². The first-order valence-electron chi connectivity index (χ1n) is 7.87. The molecule has 1 aliphatic carbocycles. The van der Waals surface area contributed by atoms with Crippen LogP contribution in [0.5, 0.6) is 0 Å². The SMILES string of the molecule is OCCCSCCNC1CCC(c2ccccc2)CC1. The van der Waals surface area contributed by atoms with Crippen LogP contribution in [-0.4, -0.2) is 35.8 Å². The number of rotatable bonds is 8. The highest BCUT2D eigenvalue weighted by Crippen LogP contribution is 2.32. The van der Waals surface area contributed by atoms with Crippen LogP contribution in [0.25, 0.3) is 0 Å². The molecule has 3 heteroatoms. The number of benzene rings is 1. The first kappa shape index (κ1) is 15.9. The number of thioether (sulfide) groups is 1. The average molecular weight is 293 g/mol. The predicted octanol–water partition coefficient (Wildman–Crippen LogP) is 3.42. The molecular formula is C17H27NOS. The number of nitrogens with one attached hydrogen (secondary N) is 1. The van der Waals surface area contributed by atoms with Crippen molar-refractivity contribution in [3.8, 4) is 0 Å². The highest BCUT2D eigenvalue weighted by Gasteiger charge is 2.21. The molecule has 0 radical (unpaired) electrons. The minimum absolute atomic E-state index is 0.323. The minimum Gasteiger partial charge on any atom is -0.396 e. The van der Waals surface area contributed by atoms with Gasteiger partial charge in [-0.15, -0.1) is 0 Å². The molecule has 0 spiro atoms. The maximum atomic E-state index is 8.72. The van der Waals surface area contributed by atoms with Gasteiger partial charge in [0.05, 0.1) is 0 Å². The Morgan fingerprint density at radius 1 is 1.05 bits per heavy atom. The zero-order valence-corrected chi connectivity index (χ0v) is 13.1. The molecule has 2 rings (SSSR count). The van der Waals surface area contributed by atoms with Gasteiger partial charge in [-0.05, 0) is 49.3 Å². The van der Waals surface area contributed by atoms with Gasteiger partial charge in [-0.3, -0.25) is 0 Å². The van der Waals surface area contributed by atoms with Gasteiger partial charge in [-0.2, -0.15) is 11.8 Å². The molecule has 1 aromatic rings. The molecule has 1 saturated carbocycles. The highest BCUT2D eigenvalue weighted by molar-refractivity contribution is 7.99. The van der Waals surface area contributed by atoms with E-state index < -0.39 is 0 Å². The summed E-state index contributed by atoms with van der Waals surface area (Å²) in [5, 5.41) is 12.4. The molecule has 0 aliphatic heterocycles. The molecule has 0 bridgehead atoms. The van der Waals surface area contributed by atoms with Crippen LogP contribution in [-0.2, 0) is 0 Å². The maximum Gasteiger partial charge on any atom is 0.0438 e. The number of hydrogen-bond donors (Lipinski definition) is 2. The number of aliphatic hydroxyl groups is 1. The van der Waals surface area contributed by atoms with E-state index in [0.29, 0.717) is 12.6 Å². The summed E-state index contributed by atoms with van der Waals surface area (Å²) >= 11 is 1.94. The van der Waals surface area contributed by atoms with Crippen LogP contribution in [0.1, 0.15) is 43.6 Å². The second-order valence-electron chi connectivity index (χ2n) is 5.60. The Morgan fingerprint density at radius 3 is 2.50 bits per heavy atom. The molecule has 20 heavy (non-hydrogen) atoms. The van der Waals surface area contributed by atoms with Gasteiger partial charge >= 0.3 is 0 Å². The van der Waals surface area contributed by atoms with Crippen LogP contribution in [0.2, 0.25) is 0 Å². The van der Waals surface area contributed by atoms with E-state index in [-0.39, 0.29) is 0 Å². The Morgan fingerprint density at radius 2 is 1.80 bits per heavy atom. The van der Waals surface area contributed by atoms with Crippen molar-refractivity contribution in [2.75, 3.05) is 24.7 Å². The zero-order valence-electron chi connectivity index (χ0n) is 12.3. The molecule has 0 saturated heterocycles. The van der Waals surface area contributed by atoms with Crippen molar-refractivity contribution in [3.05, 3.63) is 35.9 Å². The molecule has 2 nitrogen and oxygen atoms in total. The fourth-order valence-electron chi connectivity index (χ4n) is 2.96. The third kappa shape index (κ3) is 5.47. The van der Waals surface area contributed by atoms with Crippen LogP contribution in [0.3, 0.4) is 0 Å². The van der Waals surface area contributed by atoms with E-state index in [4.69, 9.17) is 5.11 Å². The Bertz CT molecular complexity index is 349. The normalized spacial score (nSPS) is 22.9. The van der Waals surface area contributed by atoms with E-state index in [1.165, 1.54) is 37.0 Å². The lowest BCUT2D eigenvalue weighted by molar-refractivity contribution is 0.296. The van der Waals surface area contributed by atoms with Crippen LogP contribution >= 0.6 is 11.8 Å². The van der Waals surface area contributed by atoms with Gasteiger partial charge in [0.25, 0.3) is 0 Å². The second-order valence-corrected chi connectivity index (χ2v) is 6.83. The average Bonchev–Trinajstić information content (AvgIpc) is 2.52. The summed E-state index contributed by atoms with van der Waals surface area (Å²) in [5.41, 5.74) is 1.52. The molecular weight excluding hydrogens is 266 g/mol. The number of hydrogen-bond acceptors (Lipinski definition) is 3. The molecule has 1 aliphatic rings. The number of aliphatic hydroxyl groups excluding tert-OH is 1. The van der Waals surface area contributed by atoms with E-state index >= 15 is 0 Å². The quantitative estimate of drug-likeness (QED) is 0.720. The lowest BCUT2D eigenvalue weighted by Gasteiger charge is -2.29. The van der Waals surface area contributed by atoms with Crippen molar-refractivity contribution in [1.82, 2.24) is 5.32 Å². The lowest BCUT2D eigenvalue weighted by Crippen LogP contribution is -2.34. The Hall–Kier alpha value is -0.510. The Balaban J connectivity index is 1.58. The van der Waals surface area contributed by atoms with E-state index in [0.717, 1.165) is 24.6 Å². The second kappa shape index (κ2) is 9.43. The third-order valence-corrected chi connectivity index (χ3v) is 5.19. The first-order valence-corrected chi connectivity index (χ1v) is 9.02. The summed E-state index contributed by atoms with van der Waals surface area (Å²) in [5.74, 6) is 3.02. The predicted molar refractivity (Wildman–Crippen MR) is 88.5 cm³/mol. The van der Waals surface area contributed by atoms with Crippen LogP contribution in [0, 0.1) is 0 Å². The van der Waals surface area contributed by atoms with Gasteiger partial charge in [-0.1, -0.05) is 30.3 Å². The van der Waals surface area contributed by atoms with Crippen LogP contribution in [0.4, 0.5) is 0 Å². The van der Waals surface area contributed by atoms with Gasteiger partial charge in [-0.25, -0.2) is 0 Å². The first-order chi connectivity index (χ1) is 9.90. The zero-order chi connectivity index (χ0) is 14.0. The van der Waals surface area contributed by atoms with Crippen LogP contribution in [0.15, 0.2) is 30.3 Å². The maximum absolute atomic E-state index is 8.72. The summed E-state index contributed by atoms with van der Waals surface area (Å²) < 4.78 is 0. The standard InChI is InChI=1S/C17H27NOS/c19-12-4-13-20-14-11-18-17-9-7-16(8-10-17)15-5-2-1-3-6-15/h1-3,5-6,16-19H,4,7-14H2. The monoisotopic (exact) mass is 293 g/mol. The van der Waals surface area contributed by atoms with E-state index in [1.807, 2.05) is 11.8 Å². The highest BCUT2D eigenvalue weighted by atomic mass is 32.2. The molecule has 2 N–H and O–H groups in total. The summed E-state index contributed by atoms with van der Waals surface area (Å²) in [6.45, 7) is 1.43. The van der Waals surface area contributed by atoms with Gasteiger partial charge < -0.3 is 10.4 Å². The largest absolute Gasteiger partial charge is 0.396 e. The van der Waals surface area contributed by atoms with Gasteiger partial charge in [0.1, 0.15) is 0 Å². The molecule has 0 unspecified atom stereocenters. The van der Waals surface area contributed by atoms with Crippen molar-refractivity contribution in [2.24, 2.45) is 0 Å². The topological polar surface area (TPSA) is 32.3 Å². The molecule has 112 valence electrons. The minimum atomic E-state index is 0.323. The van der Waals surface area contributed by atoms with Crippen molar-refractivity contribution in [1.29, 1.82) is 0 Å². The van der Waals surface area contributed by atoms with Crippen molar-refractivity contribution < 1.29 is 5.11 Å². The fourth-order valence-corrected chi connectivity index (χ4v) is 3.76. The molecule has 0 aromatic heterocycles. The smallest absolute Gasteiger partial charge is 0.0438 e. The molecule has 1 fully saturated rings. The van der Waals surface area contributed by atoms with Crippen molar-refractivity contribution in [2.45, 2.75) is 44.1 Å². The molecule has 0 amide bonds. The lowest BCUT2D eigenvalue weighted by atomic mass is 9.82.